The molecule has 0 N–H and O–H groups in total. The number of ether oxygens (including phenoxy) is 2. The van der Waals surface area contributed by atoms with E-state index < -0.39 is 28.9 Å². The molecule has 2 saturated carbocycles. The molecule has 10 rings (SSSR count). The van der Waals surface area contributed by atoms with Crippen molar-refractivity contribution in [3.05, 3.63) is 132 Å². The Morgan fingerprint density at radius 2 is 0.661 bits per heavy atom. The van der Waals surface area contributed by atoms with Gasteiger partial charge in [0.2, 0.25) is 29.0 Å². The lowest BCUT2D eigenvalue weighted by atomic mass is 9.73. The monoisotopic (exact) mass is 810 g/mol. The number of nitrogens with zero attached hydrogens (tertiary/aromatic N) is 2. The zero-order valence-electron chi connectivity index (χ0n) is 30.7. The van der Waals surface area contributed by atoms with Gasteiger partial charge in [-0.2, -0.15) is 26.3 Å². The Kier molecular flexibility index (Phi) is 8.12. The SMILES string of the molecule is O=C1C2C3C=CC(C3)C2C(=O)N1c1ccc(Oc2ccc(C(c3ccc(Oc4ccc(N5C(=O)C6C7C=CC(C7)C6C5=O)cc4)cc3)(C(F)(F)F)C(F)(F)F)cc2)cc1. The van der Waals surface area contributed by atoms with Gasteiger partial charge in [0.15, 0.2) is 0 Å². The fraction of sp³-hybridized carbons (Fsp3) is 0.289. The van der Waals surface area contributed by atoms with Gasteiger partial charge >= 0.3 is 12.4 Å². The first kappa shape index (κ1) is 37.1. The smallest absolute Gasteiger partial charge is 0.411 e. The zero-order valence-corrected chi connectivity index (χ0v) is 30.7. The molecule has 0 radical (unpaired) electrons. The molecule has 2 aliphatic heterocycles. The Morgan fingerprint density at radius 3 is 0.915 bits per heavy atom. The third kappa shape index (κ3) is 5.44. The van der Waals surface area contributed by atoms with Crippen molar-refractivity contribution >= 4 is 35.0 Å². The zero-order chi connectivity index (χ0) is 41.2. The predicted molar refractivity (Wildman–Crippen MR) is 199 cm³/mol. The summed E-state index contributed by atoms with van der Waals surface area (Å²) in [7, 11) is 0. The lowest BCUT2D eigenvalue weighted by Gasteiger charge is -2.38. The van der Waals surface area contributed by atoms with Gasteiger partial charge in [-0.3, -0.25) is 29.0 Å². The summed E-state index contributed by atoms with van der Waals surface area (Å²) in [5.74, 6) is -2.25. The molecule has 4 aromatic rings. The molecule has 4 aliphatic carbocycles. The predicted octanol–water partition coefficient (Wildman–Crippen LogP) is 9.30. The Hall–Kier alpha value is -6.18. The van der Waals surface area contributed by atoms with Gasteiger partial charge in [0.25, 0.3) is 0 Å². The number of alkyl halides is 6. The second kappa shape index (κ2) is 12.9. The van der Waals surface area contributed by atoms with E-state index in [4.69, 9.17) is 9.47 Å². The number of hydrogen-bond donors (Lipinski definition) is 0. The molecule has 4 amide bonds. The lowest BCUT2D eigenvalue weighted by molar-refractivity contribution is -0.288. The Balaban J connectivity index is 0.850. The van der Waals surface area contributed by atoms with E-state index in [0.29, 0.717) is 35.6 Å². The molecular weight excluding hydrogens is 778 g/mol. The minimum Gasteiger partial charge on any atom is -0.457 e. The highest BCUT2D eigenvalue weighted by molar-refractivity contribution is 6.23. The second-order valence-electron chi connectivity index (χ2n) is 16.0. The van der Waals surface area contributed by atoms with Gasteiger partial charge in [-0.1, -0.05) is 48.6 Å². The quantitative estimate of drug-likeness (QED) is 0.100. The van der Waals surface area contributed by atoms with Crippen molar-refractivity contribution in [3.8, 4) is 23.0 Å². The van der Waals surface area contributed by atoms with Crippen LogP contribution in [0.5, 0.6) is 23.0 Å². The summed E-state index contributed by atoms with van der Waals surface area (Å²) in [6, 6.07) is 18.7. The first-order chi connectivity index (χ1) is 28.2. The van der Waals surface area contributed by atoms with E-state index in [1.54, 1.807) is 0 Å². The minimum atomic E-state index is -5.83. The van der Waals surface area contributed by atoms with Gasteiger partial charge in [-0.05, 0) is 120 Å². The molecule has 4 fully saturated rings. The number of halogens is 6. The van der Waals surface area contributed by atoms with Crippen molar-refractivity contribution in [2.24, 2.45) is 47.3 Å². The number of anilines is 2. The fourth-order valence-electron chi connectivity index (χ4n) is 10.4. The van der Waals surface area contributed by atoms with Crippen molar-refractivity contribution in [1.29, 1.82) is 0 Å². The first-order valence-corrected chi connectivity index (χ1v) is 19.2. The molecule has 4 aromatic carbocycles. The highest BCUT2D eigenvalue weighted by atomic mass is 19.4. The maximum atomic E-state index is 14.9. The number of carbonyl (C=O) groups excluding carboxylic acids is 4. The molecular formula is C45H32F6N2O6. The topological polar surface area (TPSA) is 93.2 Å². The molecule has 8 nitrogen and oxygen atoms in total. The Morgan fingerprint density at radius 1 is 0.407 bits per heavy atom. The highest BCUT2D eigenvalue weighted by Gasteiger charge is 2.72. The molecule has 59 heavy (non-hydrogen) atoms. The van der Waals surface area contributed by atoms with Crippen LogP contribution in [0.2, 0.25) is 0 Å². The van der Waals surface area contributed by atoms with E-state index in [9.17, 15) is 45.5 Å². The summed E-state index contributed by atoms with van der Waals surface area (Å²) in [5, 5.41) is 0. The van der Waals surface area contributed by atoms with E-state index in [-0.39, 0.29) is 94.0 Å². The average molecular weight is 811 g/mol. The largest absolute Gasteiger partial charge is 0.457 e. The second-order valence-corrected chi connectivity index (χ2v) is 16.0. The number of carbonyl (C=O) groups is 4. The van der Waals surface area contributed by atoms with Crippen LogP contribution in [0.25, 0.3) is 0 Å². The molecule has 6 aliphatic rings. The Bertz CT molecular complexity index is 2230. The number of rotatable bonds is 8. The van der Waals surface area contributed by atoms with Crippen molar-refractivity contribution in [2.75, 3.05) is 9.80 Å². The van der Waals surface area contributed by atoms with Gasteiger partial charge in [-0.15, -0.1) is 0 Å². The van der Waals surface area contributed by atoms with Crippen LogP contribution in [0.3, 0.4) is 0 Å². The molecule has 8 atom stereocenters. The van der Waals surface area contributed by atoms with Gasteiger partial charge in [-0.25, -0.2) is 0 Å². The highest BCUT2D eigenvalue weighted by Crippen LogP contribution is 2.57. The third-order valence-electron chi connectivity index (χ3n) is 13.0. The van der Waals surface area contributed by atoms with Crippen LogP contribution in [0.4, 0.5) is 37.7 Å². The van der Waals surface area contributed by atoms with Crippen molar-refractivity contribution in [3.63, 3.8) is 0 Å². The number of benzene rings is 4. The summed E-state index contributed by atoms with van der Waals surface area (Å²) in [4.78, 5) is 55.0. The molecule has 2 heterocycles. The van der Waals surface area contributed by atoms with E-state index in [1.165, 1.54) is 48.5 Å². The van der Waals surface area contributed by atoms with Crippen LogP contribution in [-0.4, -0.2) is 36.0 Å². The Labute approximate surface area is 332 Å². The molecule has 14 heteroatoms. The van der Waals surface area contributed by atoms with Crippen molar-refractivity contribution < 1.29 is 55.0 Å². The molecule has 0 spiro atoms. The summed E-state index contributed by atoms with van der Waals surface area (Å²) in [6.07, 6.45) is -2.16. The standard InChI is InChI=1S/C45H32F6N2O6/c46-44(47,48)43(45(49,50)51,27-5-13-31(14-6-27)58-33-17-9-29(10-18-33)52-39(54)35-23-1-2-24(21-23)36(35)40(52)55)28-7-15-32(16-8-28)59-34-19-11-30(12-20-34)53-41(56)37-25-3-4-26(22-25)38(37)42(53)57/h1-20,23-26,35-38H,21-22H2. The summed E-state index contributed by atoms with van der Waals surface area (Å²) >= 11 is 0. The molecule has 300 valence electrons. The van der Waals surface area contributed by atoms with Crippen LogP contribution in [0.15, 0.2) is 121 Å². The van der Waals surface area contributed by atoms with Gasteiger partial charge < -0.3 is 9.47 Å². The van der Waals surface area contributed by atoms with Crippen LogP contribution in [-0.2, 0) is 24.6 Å². The molecule has 4 bridgehead atoms. The van der Waals surface area contributed by atoms with E-state index >= 15 is 0 Å². The normalized spacial score (nSPS) is 28.0. The van der Waals surface area contributed by atoms with Crippen molar-refractivity contribution in [1.82, 2.24) is 0 Å². The third-order valence-corrected chi connectivity index (χ3v) is 13.0. The summed E-state index contributed by atoms with van der Waals surface area (Å²) < 4.78 is 101. The molecule has 0 aromatic heterocycles. The summed E-state index contributed by atoms with van der Waals surface area (Å²) in [5.41, 5.74) is -5.94. The maximum absolute atomic E-state index is 14.9. The van der Waals surface area contributed by atoms with Crippen LogP contribution < -0.4 is 19.3 Å². The van der Waals surface area contributed by atoms with Gasteiger partial charge in [0.1, 0.15) is 23.0 Å². The maximum Gasteiger partial charge on any atom is 0.411 e. The number of allylic oxidation sites excluding steroid dienone is 4. The van der Waals surface area contributed by atoms with Gasteiger partial charge in [0, 0.05) is 0 Å². The van der Waals surface area contributed by atoms with Crippen LogP contribution in [0, 0.1) is 47.3 Å². The molecule has 8 unspecified atom stereocenters. The number of fused-ring (bicyclic) bond motifs is 10. The van der Waals surface area contributed by atoms with Crippen molar-refractivity contribution in [2.45, 2.75) is 30.6 Å². The average Bonchev–Trinajstić information content (AvgIpc) is 4.06. The van der Waals surface area contributed by atoms with Crippen LogP contribution >= 0.6 is 0 Å². The van der Waals surface area contributed by atoms with Gasteiger partial charge in [0.05, 0.1) is 35.0 Å². The number of hydrogen-bond acceptors (Lipinski definition) is 6. The van der Waals surface area contributed by atoms with E-state index in [0.717, 1.165) is 46.9 Å². The number of imide groups is 2. The molecule has 2 saturated heterocycles. The fourth-order valence-corrected chi connectivity index (χ4v) is 10.4. The lowest BCUT2D eigenvalue weighted by Crippen LogP contribution is -2.54. The first-order valence-electron chi connectivity index (χ1n) is 19.2. The van der Waals surface area contributed by atoms with E-state index in [1.807, 2.05) is 24.3 Å². The summed E-state index contributed by atoms with van der Waals surface area (Å²) in [6.45, 7) is 0. The van der Waals surface area contributed by atoms with Crippen LogP contribution in [0.1, 0.15) is 24.0 Å². The number of amides is 4. The minimum absolute atomic E-state index is 0.0339. The van der Waals surface area contributed by atoms with E-state index in [2.05, 4.69) is 0 Å².